The Hall–Kier alpha value is -0.930. The maximum Gasteiger partial charge on any atom is 0.0376 e. The first-order valence-corrected chi connectivity index (χ1v) is 5.05. The van der Waals surface area contributed by atoms with E-state index >= 15 is 0 Å². The summed E-state index contributed by atoms with van der Waals surface area (Å²) < 4.78 is 0. The van der Waals surface area contributed by atoms with E-state index in [1.54, 1.807) is 0 Å². The highest BCUT2D eigenvalue weighted by Crippen LogP contribution is 2.29. The van der Waals surface area contributed by atoms with Gasteiger partial charge in [0, 0.05) is 30.5 Å². The van der Waals surface area contributed by atoms with Crippen molar-refractivity contribution in [1.82, 2.24) is 9.88 Å². The first-order chi connectivity index (χ1) is 6.66. The number of likely N-dealkylation sites (tertiary alicyclic amines) is 1. The SMILES string of the molecule is Cc1ccc(C2CC(N)CN2C)cn1. The van der Waals surface area contributed by atoms with Crippen molar-refractivity contribution in [3.8, 4) is 0 Å². The number of aryl methyl sites for hydroxylation is 1. The van der Waals surface area contributed by atoms with Crippen molar-refractivity contribution in [2.24, 2.45) is 5.73 Å². The van der Waals surface area contributed by atoms with Gasteiger partial charge in [-0.2, -0.15) is 0 Å². The molecule has 0 radical (unpaired) electrons. The molecule has 1 aliphatic heterocycles. The van der Waals surface area contributed by atoms with Crippen molar-refractivity contribution in [2.45, 2.75) is 25.4 Å². The first-order valence-electron chi connectivity index (χ1n) is 5.05. The molecule has 2 N–H and O–H groups in total. The second-order valence-corrected chi connectivity index (χ2v) is 4.18. The minimum absolute atomic E-state index is 0.311. The van der Waals surface area contributed by atoms with E-state index in [-0.39, 0.29) is 0 Å². The van der Waals surface area contributed by atoms with Crippen LogP contribution in [0.2, 0.25) is 0 Å². The van der Waals surface area contributed by atoms with Gasteiger partial charge in [-0.1, -0.05) is 6.07 Å². The van der Waals surface area contributed by atoms with Crippen LogP contribution in [0.3, 0.4) is 0 Å². The third-order valence-corrected chi connectivity index (χ3v) is 2.90. The molecule has 1 saturated heterocycles. The molecule has 1 aromatic heterocycles. The van der Waals surface area contributed by atoms with Crippen LogP contribution in [-0.2, 0) is 0 Å². The van der Waals surface area contributed by atoms with E-state index in [1.165, 1.54) is 5.56 Å². The van der Waals surface area contributed by atoms with Gasteiger partial charge in [-0.3, -0.25) is 9.88 Å². The minimum atomic E-state index is 0.311. The quantitative estimate of drug-likeness (QED) is 0.722. The van der Waals surface area contributed by atoms with Crippen LogP contribution in [-0.4, -0.2) is 29.5 Å². The third kappa shape index (κ3) is 1.79. The second kappa shape index (κ2) is 3.67. The normalized spacial score (nSPS) is 28.2. The number of pyridine rings is 1. The zero-order valence-corrected chi connectivity index (χ0v) is 8.77. The Morgan fingerprint density at radius 3 is 2.79 bits per heavy atom. The van der Waals surface area contributed by atoms with Gasteiger partial charge in [0.1, 0.15) is 0 Å². The third-order valence-electron chi connectivity index (χ3n) is 2.90. The van der Waals surface area contributed by atoms with E-state index < -0.39 is 0 Å². The molecule has 0 saturated carbocycles. The zero-order chi connectivity index (χ0) is 10.1. The maximum absolute atomic E-state index is 5.92. The highest BCUT2D eigenvalue weighted by Gasteiger charge is 2.28. The van der Waals surface area contributed by atoms with Crippen LogP contribution in [0.25, 0.3) is 0 Å². The van der Waals surface area contributed by atoms with Gasteiger partial charge >= 0.3 is 0 Å². The zero-order valence-electron chi connectivity index (χ0n) is 8.77. The van der Waals surface area contributed by atoms with E-state index in [0.717, 1.165) is 18.7 Å². The van der Waals surface area contributed by atoms with Crippen molar-refractivity contribution >= 4 is 0 Å². The Morgan fingerprint density at radius 1 is 1.50 bits per heavy atom. The monoisotopic (exact) mass is 191 g/mol. The summed E-state index contributed by atoms with van der Waals surface area (Å²) in [7, 11) is 2.12. The average molecular weight is 191 g/mol. The topological polar surface area (TPSA) is 42.1 Å². The molecule has 76 valence electrons. The van der Waals surface area contributed by atoms with E-state index in [4.69, 9.17) is 5.73 Å². The van der Waals surface area contributed by atoms with E-state index in [2.05, 4.69) is 29.1 Å². The number of rotatable bonds is 1. The van der Waals surface area contributed by atoms with Crippen molar-refractivity contribution in [2.75, 3.05) is 13.6 Å². The molecular weight excluding hydrogens is 174 g/mol. The Bertz CT molecular complexity index is 307. The average Bonchev–Trinajstić information content (AvgIpc) is 2.47. The van der Waals surface area contributed by atoms with Crippen LogP contribution in [0, 0.1) is 6.92 Å². The summed E-state index contributed by atoms with van der Waals surface area (Å²) in [5.41, 5.74) is 8.27. The molecule has 1 fully saturated rings. The minimum Gasteiger partial charge on any atom is -0.326 e. The van der Waals surface area contributed by atoms with Crippen LogP contribution in [0.5, 0.6) is 0 Å². The molecule has 14 heavy (non-hydrogen) atoms. The van der Waals surface area contributed by atoms with Gasteiger partial charge in [0.05, 0.1) is 0 Å². The van der Waals surface area contributed by atoms with Crippen LogP contribution in [0.15, 0.2) is 18.3 Å². The molecule has 0 spiro atoms. The van der Waals surface area contributed by atoms with E-state index in [9.17, 15) is 0 Å². The summed E-state index contributed by atoms with van der Waals surface area (Å²) in [5, 5.41) is 0. The summed E-state index contributed by atoms with van der Waals surface area (Å²) in [6, 6.07) is 4.98. The highest BCUT2D eigenvalue weighted by atomic mass is 15.2. The lowest BCUT2D eigenvalue weighted by molar-refractivity contribution is 0.315. The van der Waals surface area contributed by atoms with Crippen molar-refractivity contribution in [3.05, 3.63) is 29.6 Å². The molecule has 0 aromatic carbocycles. The summed E-state index contributed by atoms with van der Waals surface area (Å²) >= 11 is 0. The smallest absolute Gasteiger partial charge is 0.0376 e. The van der Waals surface area contributed by atoms with Crippen LogP contribution < -0.4 is 5.73 Å². The van der Waals surface area contributed by atoms with Gasteiger partial charge in [-0.05, 0) is 32.0 Å². The van der Waals surface area contributed by atoms with Crippen LogP contribution in [0.1, 0.15) is 23.7 Å². The lowest BCUT2D eigenvalue weighted by atomic mass is 10.1. The molecule has 1 aromatic rings. The molecule has 1 aliphatic rings. The van der Waals surface area contributed by atoms with Gasteiger partial charge in [-0.25, -0.2) is 0 Å². The predicted molar refractivity (Wildman–Crippen MR) is 56.9 cm³/mol. The highest BCUT2D eigenvalue weighted by molar-refractivity contribution is 5.19. The first kappa shape index (κ1) is 9.62. The molecular formula is C11H17N3. The van der Waals surface area contributed by atoms with Gasteiger partial charge in [0.25, 0.3) is 0 Å². The Morgan fingerprint density at radius 2 is 2.29 bits per heavy atom. The molecule has 2 rings (SSSR count). The Balaban J connectivity index is 2.19. The number of aromatic nitrogens is 1. The molecule has 3 nitrogen and oxygen atoms in total. The van der Waals surface area contributed by atoms with Crippen LogP contribution in [0.4, 0.5) is 0 Å². The van der Waals surface area contributed by atoms with Gasteiger partial charge in [0.15, 0.2) is 0 Å². The number of hydrogen-bond donors (Lipinski definition) is 1. The summed E-state index contributed by atoms with van der Waals surface area (Å²) in [6.07, 6.45) is 3.01. The van der Waals surface area contributed by atoms with Crippen LogP contribution >= 0.6 is 0 Å². The standard InChI is InChI=1S/C11H17N3/c1-8-3-4-9(6-13-8)11-5-10(12)7-14(11)2/h3-4,6,10-11H,5,7,12H2,1-2H3. The molecule has 2 unspecified atom stereocenters. The van der Waals surface area contributed by atoms with Gasteiger partial charge < -0.3 is 5.73 Å². The summed E-state index contributed by atoms with van der Waals surface area (Å²) in [6.45, 7) is 2.99. The molecule has 2 atom stereocenters. The number of nitrogens with two attached hydrogens (primary N) is 1. The van der Waals surface area contributed by atoms with Crippen molar-refractivity contribution < 1.29 is 0 Å². The molecule has 3 heteroatoms. The fourth-order valence-corrected chi connectivity index (χ4v) is 2.11. The molecule has 0 bridgehead atoms. The number of nitrogens with zero attached hydrogens (tertiary/aromatic N) is 2. The van der Waals surface area contributed by atoms with Crippen molar-refractivity contribution in [1.29, 1.82) is 0 Å². The summed E-state index contributed by atoms with van der Waals surface area (Å²) in [4.78, 5) is 6.62. The van der Waals surface area contributed by atoms with Gasteiger partial charge in [-0.15, -0.1) is 0 Å². The molecule has 0 aliphatic carbocycles. The van der Waals surface area contributed by atoms with Crippen molar-refractivity contribution in [3.63, 3.8) is 0 Å². The Kier molecular flexibility index (Phi) is 2.52. The second-order valence-electron chi connectivity index (χ2n) is 4.18. The molecule has 0 amide bonds. The maximum atomic E-state index is 5.92. The Labute approximate surface area is 84.9 Å². The fraction of sp³-hybridized carbons (Fsp3) is 0.545. The number of likely N-dealkylation sites (N-methyl/N-ethyl adjacent to an activating group) is 1. The summed E-state index contributed by atoms with van der Waals surface area (Å²) in [5.74, 6) is 0. The largest absolute Gasteiger partial charge is 0.326 e. The van der Waals surface area contributed by atoms with Gasteiger partial charge in [0.2, 0.25) is 0 Å². The van der Waals surface area contributed by atoms with E-state index in [1.807, 2.05) is 13.1 Å². The van der Waals surface area contributed by atoms with E-state index in [0.29, 0.717) is 12.1 Å². The number of hydrogen-bond acceptors (Lipinski definition) is 3. The lowest BCUT2D eigenvalue weighted by Crippen LogP contribution is -2.24. The lowest BCUT2D eigenvalue weighted by Gasteiger charge is -2.18. The molecule has 2 heterocycles. The fourth-order valence-electron chi connectivity index (χ4n) is 2.11. The predicted octanol–water partition coefficient (Wildman–Crippen LogP) is 1.09.